The Bertz CT molecular complexity index is 1330. The minimum Gasteiger partial charge on any atom is -0.406 e. The minimum atomic E-state index is -4.87. The van der Waals surface area contributed by atoms with Gasteiger partial charge in [-0.2, -0.15) is 0 Å². The fourth-order valence-electron chi connectivity index (χ4n) is 3.51. The predicted molar refractivity (Wildman–Crippen MR) is 126 cm³/mol. The third-order valence-corrected chi connectivity index (χ3v) is 6.93. The van der Waals surface area contributed by atoms with E-state index in [-0.39, 0.29) is 21.2 Å². The number of halogens is 4. The maximum absolute atomic E-state index is 13.1. The number of ether oxygens (including phenoxy) is 1. The molecule has 36 heavy (non-hydrogen) atoms. The summed E-state index contributed by atoms with van der Waals surface area (Å²) in [4.78, 5) is 24.8. The molecule has 0 atom stereocenters. The number of benzene rings is 2. The Morgan fingerprint density at radius 1 is 1.00 bits per heavy atom. The number of piperazine rings is 1. The summed E-state index contributed by atoms with van der Waals surface area (Å²) in [5.41, 5.74) is 0.0180. The van der Waals surface area contributed by atoms with E-state index in [9.17, 15) is 26.4 Å². The van der Waals surface area contributed by atoms with Crippen molar-refractivity contribution in [2.45, 2.75) is 11.3 Å². The first kappa shape index (κ1) is 25.5. The number of carbonyl (C=O) groups excluding carboxylic acids is 1. The maximum atomic E-state index is 13.1. The number of carbonyl (C=O) groups is 1. The SMILES string of the molecule is O=C(c1cc(S(=O)(=O)Nc2ccc(OC(F)(F)F)cc2)ccc1Cl)N1CCN(c2ncccn2)CC1. The van der Waals surface area contributed by atoms with E-state index in [2.05, 4.69) is 19.4 Å². The van der Waals surface area contributed by atoms with E-state index in [1.165, 1.54) is 18.2 Å². The van der Waals surface area contributed by atoms with Crippen LogP contribution in [-0.4, -0.2) is 61.7 Å². The van der Waals surface area contributed by atoms with Crippen LogP contribution in [0, 0.1) is 0 Å². The Balaban J connectivity index is 1.46. The molecule has 0 aliphatic carbocycles. The summed E-state index contributed by atoms with van der Waals surface area (Å²) in [5, 5.41) is 0.0847. The Morgan fingerprint density at radius 3 is 2.25 bits per heavy atom. The highest BCUT2D eigenvalue weighted by molar-refractivity contribution is 7.92. The Kier molecular flexibility index (Phi) is 7.22. The number of nitrogens with one attached hydrogen (secondary N) is 1. The summed E-state index contributed by atoms with van der Waals surface area (Å²) in [5.74, 6) is -0.372. The highest BCUT2D eigenvalue weighted by Gasteiger charge is 2.31. The number of alkyl halides is 3. The van der Waals surface area contributed by atoms with E-state index in [1.807, 2.05) is 4.90 Å². The van der Waals surface area contributed by atoms with Crippen LogP contribution in [0.2, 0.25) is 5.02 Å². The molecule has 1 amide bonds. The average Bonchev–Trinajstić information content (AvgIpc) is 2.84. The normalized spacial score (nSPS) is 14.4. The fraction of sp³-hybridized carbons (Fsp3) is 0.227. The number of rotatable bonds is 6. The first-order valence-electron chi connectivity index (χ1n) is 10.5. The van der Waals surface area contributed by atoms with E-state index in [1.54, 1.807) is 23.4 Å². The molecular weight excluding hydrogens is 523 g/mol. The quantitative estimate of drug-likeness (QED) is 0.506. The van der Waals surface area contributed by atoms with Crippen LogP contribution in [0.25, 0.3) is 0 Å². The molecule has 14 heteroatoms. The smallest absolute Gasteiger partial charge is 0.406 e. The van der Waals surface area contributed by atoms with Gasteiger partial charge in [-0.1, -0.05) is 11.6 Å². The van der Waals surface area contributed by atoms with E-state index in [0.717, 1.165) is 24.3 Å². The highest BCUT2D eigenvalue weighted by Crippen LogP contribution is 2.27. The van der Waals surface area contributed by atoms with Crippen LogP contribution in [0.5, 0.6) is 5.75 Å². The molecule has 1 aliphatic rings. The average molecular weight is 542 g/mol. The molecule has 2 heterocycles. The van der Waals surface area contributed by atoms with Gasteiger partial charge in [0.1, 0.15) is 5.75 Å². The van der Waals surface area contributed by atoms with Gasteiger partial charge in [-0.05, 0) is 48.5 Å². The molecule has 1 N–H and O–H groups in total. The lowest BCUT2D eigenvalue weighted by Gasteiger charge is -2.34. The largest absolute Gasteiger partial charge is 0.573 e. The van der Waals surface area contributed by atoms with Crippen LogP contribution in [0.4, 0.5) is 24.8 Å². The van der Waals surface area contributed by atoms with Crippen molar-refractivity contribution in [1.29, 1.82) is 0 Å². The van der Waals surface area contributed by atoms with E-state index < -0.39 is 28.0 Å². The van der Waals surface area contributed by atoms with Crippen LogP contribution >= 0.6 is 11.6 Å². The predicted octanol–water partition coefficient (Wildman–Crippen LogP) is 3.79. The second-order valence-corrected chi connectivity index (χ2v) is 9.74. The number of hydrogen-bond donors (Lipinski definition) is 1. The molecule has 0 spiro atoms. The minimum absolute atomic E-state index is 0.00611. The van der Waals surface area contributed by atoms with Crippen LogP contribution in [0.1, 0.15) is 10.4 Å². The van der Waals surface area contributed by atoms with Crippen LogP contribution in [0.15, 0.2) is 65.8 Å². The monoisotopic (exact) mass is 541 g/mol. The fourth-order valence-corrected chi connectivity index (χ4v) is 4.79. The van der Waals surface area contributed by atoms with E-state index in [4.69, 9.17) is 11.6 Å². The zero-order valence-corrected chi connectivity index (χ0v) is 20.0. The third-order valence-electron chi connectivity index (χ3n) is 5.22. The molecule has 1 fully saturated rings. The topological polar surface area (TPSA) is 105 Å². The number of nitrogens with zero attached hydrogens (tertiary/aromatic N) is 4. The number of sulfonamides is 1. The molecular formula is C22H19ClF3N5O4S. The highest BCUT2D eigenvalue weighted by atomic mass is 35.5. The Labute approximate surface area is 209 Å². The lowest BCUT2D eigenvalue weighted by molar-refractivity contribution is -0.274. The lowest BCUT2D eigenvalue weighted by Crippen LogP contribution is -2.49. The Morgan fingerprint density at radius 2 is 1.64 bits per heavy atom. The van der Waals surface area contributed by atoms with Gasteiger partial charge in [-0.3, -0.25) is 9.52 Å². The molecule has 2 aromatic carbocycles. The zero-order chi connectivity index (χ0) is 25.9. The summed E-state index contributed by atoms with van der Waals surface area (Å²) in [6.07, 6.45) is -1.61. The van der Waals surface area contributed by atoms with Crippen LogP contribution in [-0.2, 0) is 10.0 Å². The molecule has 4 rings (SSSR count). The third kappa shape index (κ3) is 6.15. The van der Waals surface area contributed by atoms with Crippen LogP contribution < -0.4 is 14.4 Å². The second kappa shape index (κ2) is 10.2. The van der Waals surface area contributed by atoms with E-state index in [0.29, 0.717) is 32.1 Å². The summed E-state index contributed by atoms with van der Waals surface area (Å²) in [7, 11) is -4.18. The molecule has 0 unspecified atom stereocenters. The molecule has 0 bridgehead atoms. The van der Waals surface area contributed by atoms with Gasteiger partial charge in [0.05, 0.1) is 15.5 Å². The standard InChI is InChI=1S/C22H19ClF3N5O4S/c23-19-7-6-17(36(33,34)29-15-2-4-16(5-3-15)35-22(24,25)26)14-18(19)20(32)30-10-12-31(13-11-30)21-27-8-1-9-28-21/h1-9,14,29H,10-13H2. The van der Waals surface area contributed by atoms with Crippen molar-refractivity contribution < 1.29 is 31.1 Å². The van der Waals surface area contributed by atoms with Gasteiger partial charge < -0.3 is 14.5 Å². The molecule has 9 nitrogen and oxygen atoms in total. The number of anilines is 2. The van der Waals surface area contributed by atoms with Gasteiger partial charge in [-0.15, -0.1) is 13.2 Å². The second-order valence-electron chi connectivity index (χ2n) is 7.65. The zero-order valence-electron chi connectivity index (χ0n) is 18.4. The molecule has 0 saturated carbocycles. The summed E-state index contributed by atoms with van der Waals surface area (Å²) in [6, 6.07) is 9.60. The number of amides is 1. The van der Waals surface area contributed by atoms with Crippen molar-refractivity contribution in [3.8, 4) is 5.75 Å². The van der Waals surface area contributed by atoms with Crippen molar-refractivity contribution in [2.75, 3.05) is 35.8 Å². The Hall–Kier alpha value is -3.58. The van der Waals surface area contributed by atoms with Crippen molar-refractivity contribution >= 4 is 39.2 Å². The van der Waals surface area contributed by atoms with E-state index >= 15 is 0 Å². The van der Waals surface area contributed by atoms with Gasteiger partial charge in [0.2, 0.25) is 5.95 Å². The number of hydrogen-bond acceptors (Lipinski definition) is 7. The molecule has 3 aromatic rings. The molecule has 1 saturated heterocycles. The summed E-state index contributed by atoms with van der Waals surface area (Å²) < 4.78 is 68.7. The van der Waals surface area contributed by atoms with Crippen molar-refractivity contribution in [3.63, 3.8) is 0 Å². The summed E-state index contributed by atoms with van der Waals surface area (Å²) >= 11 is 6.22. The van der Waals surface area contributed by atoms with Gasteiger partial charge >= 0.3 is 6.36 Å². The maximum Gasteiger partial charge on any atom is 0.573 e. The van der Waals surface area contributed by atoms with Crippen molar-refractivity contribution in [3.05, 3.63) is 71.5 Å². The van der Waals surface area contributed by atoms with Gasteiger partial charge in [0.25, 0.3) is 15.9 Å². The van der Waals surface area contributed by atoms with Gasteiger partial charge in [0, 0.05) is 44.3 Å². The molecule has 1 aromatic heterocycles. The molecule has 0 radical (unpaired) electrons. The van der Waals surface area contributed by atoms with Crippen molar-refractivity contribution in [1.82, 2.24) is 14.9 Å². The van der Waals surface area contributed by atoms with Crippen molar-refractivity contribution in [2.24, 2.45) is 0 Å². The van der Waals surface area contributed by atoms with Crippen LogP contribution in [0.3, 0.4) is 0 Å². The lowest BCUT2D eigenvalue weighted by atomic mass is 10.2. The first-order valence-corrected chi connectivity index (χ1v) is 12.4. The number of aromatic nitrogens is 2. The summed E-state index contributed by atoms with van der Waals surface area (Å²) in [6.45, 7) is 1.69. The first-order chi connectivity index (χ1) is 17.0. The van der Waals surface area contributed by atoms with Gasteiger partial charge in [-0.25, -0.2) is 18.4 Å². The molecule has 1 aliphatic heterocycles. The molecule has 190 valence electrons. The van der Waals surface area contributed by atoms with Gasteiger partial charge in [0.15, 0.2) is 0 Å².